The summed E-state index contributed by atoms with van der Waals surface area (Å²) in [6, 6.07) is 6.65. The summed E-state index contributed by atoms with van der Waals surface area (Å²) in [5.41, 5.74) is 5.45. The van der Waals surface area contributed by atoms with E-state index in [2.05, 4.69) is 5.32 Å². The van der Waals surface area contributed by atoms with Crippen molar-refractivity contribution in [1.82, 2.24) is 0 Å². The Hall–Kier alpha value is -1.59. The normalized spacial score (nSPS) is 34.1. The number of nitrogens with two attached hydrogens (primary N) is 1. The third-order valence-corrected chi connectivity index (χ3v) is 4.98. The van der Waals surface area contributed by atoms with Gasteiger partial charge in [0.05, 0.1) is 11.8 Å². The summed E-state index contributed by atoms with van der Waals surface area (Å²) >= 11 is 0. The van der Waals surface area contributed by atoms with Crippen LogP contribution in [-0.2, 0) is 9.53 Å². The van der Waals surface area contributed by atoms with E-state index in [0.29, 0.717) is 12.3 Å². The molecule has 2 fully saturated rings. The Balaban J connectivity index is 1.85. The van der Waals surface area contributed by atoms with E-state index in [1.165, 1.54) is 6.07 Å². The molecule has 0 aromatic heterocycles. The van der Waals surface area contributed by atoms with Gasteiger partial charge in [-0.1, -0.05) is 26.0 Å². The van der Waals surface area contributed by atoms with E-state index in [1.807, 2.05) is 13.8 Å². The van der Waals surface area contributed by atoms with Gasteiger partial charge in [-0.3, -0.25) is 4.79 Å². The molecule has 2 aliphatic rings. The second-order valence-corrected chi connectivity index (χ2v) is 6.25. The number of phenolic OH excluding ortho intramolecular Hbond substituents is 1. The Morgan fingerprint density at radius 2 is 2.15 bits per heavy atom. The first-order valence-corrected chi connectivity index (χ1v) is 6.89. The Labute approximate surface area is 118 Å². The summed E-state index contributed by atoms with van der Waals surface area (Å²) in [5.74, 6) is -0.167. The zero-order valence-electron chi connectivity index (χ0n) is 11.7. The number of carbonyl (C=O) groups is 1. The molecule has 3 unspecified atom stereocenters. The summed E-state index contributed by atoms with van der Waals surface area (Å²) in [6.45, 7) is 4.58. The van der Waals surface area contributed by atoms with Crippen molar-refractivity contribution >= 4 is 11.6 Å². The topological polar surface area (TPSA) is 84.6 Å². The van der Waals surface area contributed by atoms with E-state index in [0.717, 1.165) is 6.42 Å². The fourth-order valence-corrected chi connectivity index (χ4v) is 3.65. The molecule has 4 N–H and O–H groups in total. The number of fused-ring (bicyclic) bond motifs is 1. The highest BCUT2D eigenvalue weighted by atomic mass is 16.5. The highest BCUT2D eigenvalue weighted by molar-refractivity contribution is 6.01. The van der Waals surface area contributed by atoms with Crippen LogP contribution in [-0.4, -0.2) is 29.3 Å². The standard InChI is InChI=1S/C15H20N2O3/c1-14(2)12-9(7-8-20-12)15(14,16)13(19)17-10-5-3-4-6-11(10)18/h3-6,9,12,18H,7-8,16H2,1-2H3,(H,17,19). The first-order valence-electron chi connectivity index (χ1n) is 6.89. The predicted octanol–water partition coefficient (Wildman–Crippen LogP) is 1.47. The molecule has 3 rings (SSSR count). The van der Waals surface area contributed by atoms with E-state index in [9.17, 15) is 9.90 Å². The van der Waals surface area contributed by atoms with Gasteiger partial charge >= 0.3 is 0 Å². The van der Waals surface area contributed by atoms with E-state index >= 15 is 0 Å². The molecule has 1 saturated carbocycles. The van der Waals surface area contributed by atoms with E-state index in [1.54, 1.807) is 18.2 Å². The highest BCUT2D eigenvalue weighted by Crippen LogP contribution is 2.58. The molecule has 0 spiro atoms. The van der Waals surface area contributed by atoms with E-state index < -0.39 is 11.0 Å². The molecule has 1 aliphatic heterocycles. The SMILES string of the molecule is CC1(C)C2OCCC2C1(N)C(=O)Nc1ccccc1O. The molecule has 1 amide bonds. The lowest BCUT2D eigenvalue weighted by Gasteiger charge is -2.60. The second-order valence-electron chi connectivity index (χ2n) is 6.25. The van der Waals surface area contributed by atoms with Crippen LogP contribution >= 0.6 is 0 Å². The third kappa shape index (κ3) is 1.53. The first kappa shape index (κ1) is 13.4. The van der Waals surface area contributed by atoms with Crippen LogP contribution in [0, 0.1) is 11.3 Å². The van der Waals surface area contributed by atoms with Crippen LogP contribution in [0.15, 0.2) is 24.3 Å². The van der Waals surface area contributed by atoms with E-state index in [-0.39, 0.29) is 23.7 Å². The van der Waals surface area contributed by atoms with Crippen LogP contribution in [0.4, 0.5) is 5.69 Å². The molecule has 108 valence electrons. The van der Waals surface area contributed by atoms with Crippen molar-refractivity contribution in [2.24, 2.45) is 17.1 Å². The molecule has 1 aliphatic carbocycles. The summed E-state index contributed by atoms with van der Waals surface area (Å²) in [6.07, 6.45) is 0.848. The molecule has 5 heteroatoms. The lowest BCUT2D eigenvalue weighted by molar-refractivity contribution is -0.170. The van der Waals surface area contributed by atoms with Gasteiger partial charge < -0.3 is 20.9 Å². The lowest BCUT2D eigenvalue weighted by Crippen LogP contribution is -2.79. The maximum atomic E-state index is 12.6. The average molecular weight is 276 g/mol. The molecule has 0 bridgehead atoms. The lowest BCUT2D eigenvalue weighted by atomic mass is 9.48. The van der Waals surface area contributed by atoms with Gasteiger partial charge in [0.1, 0.15) is 11.3 Å². The number of anilines is 1. The number of hydrogen-bond acceptors (Lipinski definition) is 4. The quantitative estimate of drug-likeness (QED) is 0.714. The van der Waals surface area contributed by atoms with Crippen molar-refractivity contribution in [1.29, 1.82) is 0 Å². The molecule has 20 heavy (non-hydrogen) atoms. The Kier molecular flexibility index (Phi) is 2.81. The first-order chi connectivity index (χ1) is 9.39. The third-order valence-electron chi connectivity index (χ3n) is 4.98. The smallest absolute Gasteiger partial charge is 0.245 e. The van der Waals surface area contributed by atoms with Crippen LogP contribution < -0.4 is 11.1 Å². The predicted molar refractivity (Wildman–Crippen MR) is 75.3 cm³/mol. The Morgan fingerprint density at radius 1 is 1.45 bits per heavy atom. The minimum atomic E-state index is -0.962. The summed E-state index contributed by atoms with van der Waals surface area (Å²) in [7, 11) is 0. The van der Waals surface area contributed by atoms with Crippen LogP contribution in [0.3, 0.4) is 0 Å². The second kappa shape index (κ2) is 4.20. The number of para-hydroxylation sites is 2. The number of amides is 1. The maximum absolute atomic E-state index is 12.6. The number of rotatable bonds is 2. The number of ether oxygens (including phenoxy) is 1. The fraction of sp³-hybridized carbons (Fsp3) is 0.533. The summed E-state index contributed by atoms with van der Waals surface area (Å²) in [5, 5.41) is 12.5. The molecular formula is C15H20N2O3. The van der Waals surface area contributed by atoms with Gasteiger partial charge in [0.25, 0.3) is 0 Å². The number of aromatic hydroxyl groups is 1. The average Bonchev–Trinajstić information content (AvgIpc) is 2.88. The molecule has 1 heterocycles. The molecule has 1 aromatic carbocycles. The number of nitrogens with one attached hydrogen (secondary N) is 1. The van der Waals surface area contributed by atoms with Gasteiger partial charge in [0, 0.05) is 17.9 Å². The summed E-state index contributed by atoms with van der Waals surface area (Å²) in [4.78, 5) is 12.6. The van der Waals surface area contributed by atoms with Gasteiger partial charge in [0.2, 0.25) is 5.91 Å². The van der Waals surface area contributed by atoms with Crippen LogP contribution in [0.1, 0.15) is 20.3 Å². The maximum Gasteiger partial charge on any atom is 0.245 e. The van der Waals surface area contributed by atoms with Crippen molar-refractivity contribution in [2.75, 3.05) is 11.9 Å². The molecule has 0 radical (unpaired) electrons. The number of carbonyl (C=O) groups excluding carboxylic acids is 1. The van der Waals surface area contributed by atoms with Gasteiger partial charge in [-0.25, -0.2) is 0 Å². The van der Waals surface area contributed by atoms with Crippen molar-refractivity contribution < 1.29 is 14.6 Å². The summed E-state index contributed by atoms with van der Waals surface area (Å²) < 4.78 is 5.68. The molecule has 1 saturated heterocycles. The number of hydrogen-bond donors (Lipinski definition) is 3. The Morgan fingerprint density at radius 3 is 2.85 bits per heavy atom. The highest BCUT2D eigenvalue weighted by Gasteiger charge is 2.71. The monoisotopic (exact) mass is 276 g/mol. The zero-order valence-corrected chi connectivity index (χ0v) is 11.7. The molecule has 3 atom stereocenters. The van der Waals surface area contributed by atoms with Gasteiger partial charge in [-0.05, 0) is 18.6 Å². The minimum absolute atomic E-state index is 0.0424. The van der Waals surface area contributed by atoms with Crippen molar-refractivity contribution in [3.05, 3.63) is 24.3 Å². The number of benzene rings is 1. The fourth-order valence-electron chi connectivity index (χ4n) is 3.65. The van der Waals surface area contributed by atoms with Crippen molar-refractivity contribution in [3.63, 3.8) is 0 Å². The molecule has 1 aromatic rings. The van der Waals surface area contributed by atoms with E-state index in [4.69, 9.17) is 10.5 Å². The van der Waals surface area contributed by atoms with Crippen molar-refractivity contribution in [2.45, 2.75) is 31.9 Å². The van der Waals surface area contributed by atoms with Gasteiger partial charge in [0.15, 0.2) is 0 Å². The van der Waals surface area contributed by atoms with Gasteiger partial charge in [-0.15, -0.1) is 0 Å². The largest absolute Gasteiger partial charge is 0.506 e. The molecular weight excluding hydrogens is 256 g/mol. The van der Waals surface area contributed by atoms with Crippen molar-refractivity contribution in [3.8, 4) is 5.75 Å². The Bertz CT molecular complexity index is 558. The zero-order chi connectivity index (χ0) is 14.5. The minimum Gasteiger partial charge on any atom is -0.506 e. The number of phenols is 1. The van der Waals surface area contributed by atoms with Crippen LogP contribution in [0.25, 0.3) is 0 Å². The van der Waals surface area contributed by atoms with Gasteiger partial charge in [-0.2, -0.15) is 0 Å². The van der Waals surface area contributed by atoms with Crippen LogP contribution in [0.5, 0.6) is 5.75 Å². The molecule has 5 nitrogen and oxygen atoms in total. The van der Waals surface area contributed by atoms with Crippen LogP contribution in [0.2, 0.25) is 0 Å².